The first-order valence-corrected chi connectivity index (χ1v) is 34.2. The molecule has 0 radical (unpaired) electrons. The summed E-state index contributed by atoms with van der Waals surface area (Å²) in [6, 6.07) is -1.63. The molecule has 7 aliphatic heterocycles. The lowest BCUT2D eigenvalue weighted by Crippen LogP contribution is -2.78. The van der Waals surface area contributed by atoms with Crippen molar-refractivity contribution in [1.82, 2.24) is 0 Å². The summed E-state index contributed by atoms with van der Waals surface area (Å²) in [5.74, 6) is -4.14. The molecule has 7 fully saturated rings. The van der Waals surface area contributed by atoms with E-state index in [4.69, 9.17) is 94.1 Å². The van der Waals surface area contributed by atoms with Gasteiger partial charge in [-0.15, -0.1) is 0 Å². The Morgan fingerprint density at radius 1 is 0.467 bits per heavy atom. The van der Waals surface area contributed by atoms with Crippen molar-refractivity contribution in [3.05, 3.63) is 0 Å². The molecule has 92 heavy (non-hydrogen) atoms. The summed E-state index contributed by atoms with van der Waals surface area (Å²) in [7, 11) is -29.6. The van der Waals surface area contributed by atoms with Gasteiger partial charge in [-0.1, -0.05) is 6.92 Å². The second kappa shape index (κ2) is 30.7. The van der Waals surface area contributed by atoms with Crippen LogP contribution < -0.4 is 5.73 Å². The maximum absolute atomic E-state index is 13.7. The van der Waals surface area contributed by atoms with Crippen LogP contribution in [0.5, 0.6) is 0 Å². The lowest BCUT2D eigenvalue weighted by molar-refractivity contribution is -0.429. The van der Waals surface area contributed by atoms with Crippen molar-refractivity contribution >= 4 is 74.3 Å². The molecule has 7 rings (SSSR count). The van der Waals surface area contributed by atoms with E-state index in [1.807, 2.05) is 0 Å². The number of carboxylic acids is 2. The molecule has 0 spiro atoms. The number of hydrogen-bond donors (Lipinski definition) is 10. The van der Waals surface area contributed by atoms with Gasteiger partial charge >= 0.3 is 74.3 Å². The number of nitrogens with two attached hydrogens (primary N) is 1. The molecule has 1 unspecified atom stereocenters. The van der Waals surface area contributed by atoms with Gasteiger partial charge in [0.05, 0.1) is 32.5 Å². The van der Waals surface area contributed by atoms with E-state index in [0.29, 0.717) is 0 Å². The highest BCUT2D eigenvalue weighted by Gasteiger charge is 2.70. The Morgan fingerprint density at radius 2 is 0.913 bits per heavy atom. The van der Waals surface area contributed by atoms with Crippen molar-refractivity contribution in [1.29, 1.82) is 0 Å². The summed E-state index contributed by atoms with van der Waals surface area (Å²) in [6.45, 7) is -2.88. The minimum Gasteiger partial charge on any atom is -0.479 e. The van der Waals surface area contributed by atoms with E-state index in [2.05, 4.69) is 12.5 Å². The van der Waals surface area contributed by atoms with Crippen molar-refractivity contribution in [2.75, 3.05) is 68.6 Å². The highest BCUT2D eigenvalue weighted by molar-refractivity contribution is 7.82. The Morgan fingerprint density at radius 3 is 1.36 bits per heavy atom. The first-order valence-electron chi connectivity index (χ1n) is 26.0. The quantitative estimate of drug-likeness (QED) is 0.0273. The van der Waals surface area contributed by atoms with E-state index in [-0.39, 0.29) is 6.61 Å². The summed E-state index contributed by atoms with van der Waals surface area (Å²) >= 11 is 0. The lowest BCUT2D eigenvalue weighted by Gasteiger charge is -2.57. The van der Waals surface area contributed by atoms with Gasteiger partial charge in [0.25, 0.3) is 0 Å². The zero-order valence-electron chi connectivity index (χ0n) is 48.3. The third kappa shape index (κ3) is 18.8. The zero-order valence-corrected chi connectivity index (χ0v) is 53.2. The minimum absolute atomic E-state index is 0.179. The van der Waals surface area contributed by atoms with Crippen LogP contribution in [0.2, 0.25) is 0 Å². The molecule has 25 atom stereocenters. The van der Waals surface area contributed by atoms with Gasteiger partial charge in [-0.25, -0.2) is 34.7 Å². The third-order valence-electron chi connectivity index (χ3n) is 14.7. The molecule has 0 aromatic rings. The molecule has 0 amide bonds. The Bertz CT molecular complexity index is 3220. The van der Waals surface area contributed by atoms with Crippen LogP contribution in [0, 0.1) is 0 Å². The van der Waals surface area contributed by atoms with Crippen LogP contribution in [-0.2, 0) is 173 Å². The number of aliphatic hydroxyl groups is 1. The van der Waals surface area contributed by atoms with E-state index < -0.39 is 260 Å². The van der Waals surface area contributed by atoms with Crippen LogP contribution in [0.4, 0.5) is 0 Å². The number of hydrogen-bond acceptors (Lipinski definition) is 38. The standard InChI is InChI=1S/C40H67NO45S6/c1-8-39(37(43)44)30(80-32-17(41)21(70-9-2)18(42)14(75-32)10-72-87(47,48)49)24(66-4)26(68-6)35(82-39)79-20-16(12-74-89(53,54)55)77-34(29(86-92(62,63)64)23(20)84-90(56,57)58)81-31-25(67-5)27-36(83-40(31,13-71-27)38(45)46)78-19-15(11-73-88(50,51)52)76-33(69-7)28(22(19)65-3)85-91(59,60)61/h14-36,42H,8-13,41H2,1-7H3,(H,43,44)(H,45,46)(H,47,48,49)(H,50,51,52)(H,53,54,55)(H,56,57,58)(H,59,60,61)(H,62,63,64)/t14-,15-,16-,17-,18-,19-,20-,21-,22+,23+,24-,25-,26-,27-,28-,29-,30+,31+,32+,33+,34-,35-,36?,39+,40+/m1/s1. The van der Waals surface area contributed by atoms with Gasteiger partial charge in [-0.2, -0.15) is 50.5 Å². The monoisotopic (exact) mass is 1470 g/mol. The van der Waals surface area contributed by atoms with E-state index in [9.17, 15) is 103 Å². The molecule has 46 nitrogen and oxygen atoms in total. The van der Waals surface area contributed by atoms with Crippen molar-refractivity contribution in [3.8, 4) is 0 Å². The number of aliphatic hydroxyl groups excluding tert-OH is 1. The van der Waals surface area contributed by atoms with Crippen LogP contribution in [0.25, 0.3) is 0 Å². The van der Waals surface area contributed by atoms with Crippen LogP contribution in [0.1, 0.15) is 20.3 Å². The number of ether oxygens (including phenoxy) is 16. The third-order valence-corrected chi connectivity index (χ3v) is 17.4. The summed E-state index contributed by atoms with van der Waals surface area (Å²) in [6.07, 6.45) is -49.7. The van der Waals surface area contributed by atoms with E-state index in [0.717, 1.165) is 42.5 Å². The van der Waals surface area contributed by atoms with Crippen LogP contribution in [-0.4, -0.2) is 326 Å². The summed E-state index contributed by atoms with van der Waals surface area (Å²) in [5, 5.41) is 33.1. The number of methoxy groups -OCH3 is 5. The second-order valence-electron chi connectivity index (χ2n) is 20.1. The van der Waals surface area contributed by atoms with E-state index >= 15 is 0 Å². The molecule has 0 aliphatic carbocycles. The minimum atomic E-state index is -6.16. The molecule has 2 bridgehead atoms. The fraction of sp³-hybridized carbons (Fsp3) is 0.950. The van der Waals surface area contributed by atoms with Crippen LogP contribution in [0.15, 0.2) is 0 Å². The van der Waals surface area contributed by atoms with Gasteiger partial charge in [-0.3, -0.25) is 27.3 Å². The molecule has 52 heteroatoms. The van der Waals surface area contributed by atoms with Gasteiger partial charge < -0.3 is 96.8 Å². The average Bonchev–Trinajstić information content (AvgIpc) is 0.728. The summed E-state index contributed by atoms with van der Waals surface area (Å²) in [4.78, 5) is 27.4. The summed E-state index contributed by atoms with van der Waals surface area (Å²) < 4.78 is 325. The van der Waals surface area contributed by atoms with Gasteiger partial charge in [0.2, 0.25) is 5.60 Å². The van der Waals surface area contributed by atoms with Crippen molar-refractivity contribution in [2.24, 2.45) is 5.73 Å². The van der Waals surface area contributed by atoms with Crippen molar-refractivity contribution in [2.45, 2.75) is 173 Å². The number of fused-ring (bicyclic) bond motifs is 3. The largest absolute Gasteiger partial charge is 0.479 e. The number of carboxylic acid groups (broad SMARTS) is 2. The maximum atomic E-state index is 13.7. The molecule has 0 aromatic heterocycles. The molecule has 0 saturated carbocycles. The highest BCUT2D eigenvalue weighted by atomic mass is 32.3. The van der Waals surface area contributed by atoms with E-state index in [1.165, 1.54) is 6.92 Å². The summed E-state index contributed by atoms with van der Waals surface area (Å²) in [5.41, 5.74) is 0.286. The first-order chi connectivity index (χ1) is 42.4. The molecular formula is C40H67NO45S6. The Balaban J connectivity index is 1.44. The number of rotatable bonds is 33. The van der Waals surface area contributed by atoms with Crippen LogP contribution in [0.3, 0.4) is 0 Å². The highest BCUT2D eigenvalue weighted by Crippen LogP contribution is 2.47. The smallest absolute Gasteiger partial charge is 0.397 e. The second-order valence-corrected chi connectivity index (χ2v) is 26.5. The fourth-order valence-electron chi connectivity index (χ4n) is 10.9. The van der Waals surface area contributed by atoms with Gasteiger partial charge in [0.15, 0.2) is 49.3 Å². The SMILES string of the molecule is CCO[C@@H]1[C@@H](N)[C@H](O[C@H]2[C@H](OC)[C@@H](OC)[C@H](O[C@H]3[C@H](OS(=O)(=O)O)[C@@H](OS(=O)(=O)O)[C@@H](O[C@H]4[C@H](OC)[C@H]5OC[C@]4(C(=O)O)OC5O[C@H]4[C@H](OC)[C@@H](OS(=O)(=O)O)[C@@H](OC)O[C@@H]4COS(=O)(=O)O)O[C@@H]3COS(=O)(=O)O)O[C@]2(CC)C(=O)O)O[C@H](COS(=O)(=O)O)[C@H]1O. The molecule has 7 heterocycles. The number of carbonyl (C=O) groups is 2. The predicted octanol–water partition coefficient (Wildman–Crippen LogP) is -7.31. The molecule has 7 saturated heterocycles. The average molecular weight is 1470 g/mol. The number of aliphatic carboxylic acids is 2. The van der Waals surface area contributed by atoms with Crippen LogP contribution >= 0.6 is 0 Å². The maximum Gasteiger partial charge on any atom is 0.397 e. The predicted molar refractivity (Wildman–Crippen MR) is 277 cm³/mol. The molecule has 7 aliphatic rings. The normalized spacial score (nSPS) is 40.1. The molecule has 538 valence electrons. The zero-order chi connectivity index (χ0) is 69.2. The fourth-order valence-corrected chi connectivity index (χ4v) is 13.3. The van der Waals surface area contributed by atoms with Crippen molar-refractivity contribution in [3.63, 3.8) is 0 Å². The first kappa shape index (κ1) is 78.4. The van der Waals surface area contributed by atoms with Gasteiger partial charge in [-0.05, 0) is 13.3 Å². The molecule has 11 N–H and O–H groups in total. The molecule has 0 aromatic carbocycles. The lowest BCUT2D eigenvalue weighted by atomic mass is 9.83. The topological polar surface area (TPSA) is 650 Å². The Hall–Kier alpha value is -2.56. The van der Waals surface area contributed by atoms with Gasteiger partial charge in [0, 0.05) is 42.2 Å². The Kier molecular flexibility index (Phi) is 26.2. The van der Waals surface area contributed by atoms with E-state index in [1.54, 1.807) is 0 Å². The van der Waals surface area contributed by atoms with Crippen molar-refractivity contribution < 1.29 is 204 Å². The van der Waals surface area contributed by atoms with Gasteiger partial charge in [0.1, 0.15) is 91.6 Å². The molecular weight excluding hydrogens is 1410 g/mol. The Labute approximate surface area is 523 Å².